The van der Waals surface area contributed by atoms with Crippen molar-refractivity contribution in [3.63, 3.8) is 0 Å². The topological polar surface area (TPSA) is 44.5 Å². The molecule has 1 heterocycles. The molecule has 1 unspecified atom stereocenters. The lowest BCUT2D eigenvalue weighted by atomic mass is 9.93. The van der Waals surface area contributed by atoms with Crippen LogP contribution in [0.2, 0.25) is 0 Å². The van der Waals surface area contributed by atoms with Crippen LogP contribution in [0.5, 0.6) is 11.5 Å². The molecule has 0 aliphatic carbocycles. The summed E-state index contributed by atoms with van der Waals surface area (Å²) < 4.78 is 37.4. The lowest BCUT2D eigenvalue weighted by molar-refractivity contribution is 0.160. The van der Waals surface area contributed by atoms with Gasteiger partial charge in [-0.3, -0.25) is 0 Å². The summed E-state index contributed by atoms with van der Waals surface area (Å²) in [6.07, 6.45) is 0.0987. The summed E-state index contributed by atoms with van der Waals surface area (Å²) >= 11 is 0. The summed E-state index contributed by atoms with van der Waals surface area (Å²) in [5, 5.41) is 0. The number of methoxy groups -OCH3 is 1. The Morgan fingerprint density at radius 2 is 1.95 bits per heavy atom. The second-order valence-corrected chi connectivity index (χ2v) is 5.03. The Balaban J connectivity index is 1.92. The predicted molar refractivity (Wildman–Crippen MR) is 74.3 cm³/mol. The fraction of sp³-hybridized carbons (Fsp3) is 0.250. The number of hydrogen-bond acceptors (Lipinski definition) is 3. The normalized spacial score (nSPS) is 20.6. The van der Waals surface area contributed by atoms with Gasteiger partial charge in [0, 0.05) is 18.0 Å². The minimum absolute atomic E-state index is 0.248. The second kappa shape index (κ2) is 5.33. The molecular formula is C16H15F2NO2. The van der Waals surface area contributed by atoms with Gasteiger partial charge in [-0.1, -0.05) is 6.07 Å². The molecule has 5 heteroatoms. The van der Waals surface area contributed by atoms with Crippen molar-refractivity contribution in [2.45, 2.75) is 18.6 Å². The number of ether oxygens (including phenoxy) is 2. The van der Waals surface area contributed by atoms with Crippen molar-refractivity contribution in [1.29, 1.82) is 0 Å². The summed E-state index contributed by atoms with van der Waals surface area (Å²) in [7, 11) is 1.58. The lowest BCUT2D eigenvalue weighted by Crippen LogP contribution is -2.24. The Hall–Kier alpha value is -2.14. The van der Waals surface area contributed by atoms with Crippen LogP contribution in [0.25, 0.3) is 0 Å². The first-order valence-electron chi connectivity index (χ1n) is 6.63. The molecule has 3 rings (SSSR count). The fourth-order valence-corrected chi connectivity index (χ4v) is 2.53. The molecule has 0 saturated heterocycles. The van der Waals surface area contributed by atoms with Crippen molar-refractivity contribution >= 4 is 0 Å². The van der Waals surface area contributed by atoms with E-state index in [0.717, 1.165) is 17.7 Å². The van der Waals surface area contributed by atoms with Gasteiger partial charge in [-0.15, -0.1) is 0 Å². The third-order valence-electron chi connectivity index (χ3n) is 3.67. The van der Waals surface area contributed by atoms with Gasteiger partial charge in [0.25, 0.3) is 0 Å². The number of benzene rings is 2. The van der Waals surface area contributed by atoms with E-state index in [1.54, 1.807) is 19.2 Å². The van der Waals surface area contributed by atoms with E-state index in [4.69, 9.17) is 15.2 Å². The fourth-order valence-electron chi connectivity index (χ4n) is 2.53. The largest absolute Gasteiger partial charge is 0.497 e. The Morgan fingerprint density at radius 1 is 1.14 bits per heavy atom. The molecule has 2 N–H and O–H groups in total. The first-order valence-corrected chi connectivity index (χ1v) is 6.63. The summed E-state index contributed by atoms with van der Waals surface area (Å²) in [5.74, 6) is -0.405. The molecule has 1 aliphatic heterocycles. The van der Waals surface area contributed by atoms with E-state index in [1.165, 1.54) is 6.07 Å². The van der Waals surface area contributed by atoms with Crippen molar-refractivity contribution in [2.24, 2.45) is 5.73 Å². The Kier molecular flexibility index (Phi) is 3.51. The molecule has 110 valence electrons. The molecule has 21 heavy (non-hydrogen) atoms. The van der Waals surface area contributed by atoms with Gasteiger partial charge in [0.15, 0.2) is 11.6 Å². The molecule has 0 fully saturated rings. The summed E-state index contributed by atoms with van der Waals surface area (Å²) in [5.41, 5.74) is 7.59. The summed E-state index contributed by atoms with van der Waals surface area (Å²) in [6.45, 7) is 0. The molecule has 0 aromatic heterocycles. The van der Waals surface area contributed by atoms with E-state index in [9.17, 15) is 8.78 Å². The van der Waals surface area contributed by atoms with E-state index in [2.05, 4.69) is 0 Å². The van der Waals surface area contributed by atoms with Crippen LogP contribution < -0.4 is 15.2 Å². The minimum atomic E-state index is -0.884. The lowest BCUT2D eigenvalue weighted by Gasteiger charge is -2.30. The maximum absolute atomic E-state index is 13.3. The molecule has 0 amide bonds. The smallest absolute Gasteiger partial charge is 0.159 e. The van der Waals surface area contributed by atoms with Crippen molar-refractivity contribution in [2.75, 3.05) is 7.11 Å². The molecule has 0 spiro atoms. The van der Waals surface area contributed by atoms with Gasteiger partial charge in [-0.2, -0.15) is 0 Å². The van der Waals surface area contributed by atoms with Crippen molar-refractivity contribution in [3.05, 3.63) is 59.2 Å². The molecule has 1 aliphatic rings. The van der Waals surface area contributed by atoms with E-state index < -0.39 is 17.7 Å². The van der Waals surface area contributed by atoms with Crippen LogP contribution in [0.3, 0.4) is 0 Å². The van der Waals surface area contributed by atoms with Gasteiger partial charge >= 0.3 is 0 Å². The van der Waals surface area contributed by atoms with Gasteiger partial charge in [-0.25, -0.2) is 8.78 Å². The highest BCUT2D eigenvalue weighted by Crippen LogP contribution is 2.41. The number of halogens is 2. The number of hydrogen-bond donors (Lipinski definition) is 1. The van der Waals surface area contributed by atoms with Crippen LogP contribution in [0.1, 0.15) is 29.7 Å². The molecule has 2 atom stereocenters. The monoisotopic (exact) mass is 291 g/mol. The predicted octanol–water partition coefficient (Wildman–Crippen LogP) is 3.50. The highest BCUT2D eigenvalue weighted by atomic mass is 19.2. The number of fused-ring (bicyclic) bond motifs is 1. The van der Waals surface area contributed by atoms with E-state index in [0.29, 0.717) is 23.5 Å². The van der Waals surface area contributed by atoms with Crippen molar-refractivity contribution in [1.82, 2.24) is 0 Å². The molecular weight excluding hydrogens is 276 g/mol. The zero-order valence-electron chi connectivity index (χ0n) is 11.5. The van der Waals surface area contributed by atoms with Crippen LogP contribution in [0, 0.1) is 11.6 Å². The molecule has 2 aromatic carbocycles. The molecule has 0 saturated carbocycles. The van der Waals surface area contributed by atoms with E-state index in [1.807, 2.05) is 6.07 Å². The van der Waals surface area contributed by atoms with Crippen LogP contribution >= 0.6 is 0 Å². The van der Waals surface area contributed by atoms with Crippen LogP contribution in [-0.2, 0) is 0 Å². The van der Waals surface area contributed by atoms with Crippen molar-refractivity contribution in [3.8, 4) is 11.5 Å². The van der Waals surface area contributed by atoms with Gasteiger partial charge in [0.2, 0.25) is 0 Å². The van der Waals surface area contributed by atoms with Gasteiger partial charge in [0.05, 0.1) is 7.11 Å². The summed E-state index contributed by atoms with van der Waals surface area (Å²) in [4.78, 5) is 0. The quantitative estimate of drug-likeness (QED) is 0.921. The Bertz CT molecular complexity index is 675. The van der Waals surface area contributed by atoms with Crippen molar-refractivity contribution < 1.29 is 18.3 Å². The van der Waals surface area contributed by atoms with Gasteiger partial charge in [-0.05, 0) is 35.9 Å². The molecule has 2 aromatic rings. The Labute approximate surface area is 121 Å². The van der Waals surface area contributed by atoms with E-state index in [-0.39, 0.29) is 6.04 Å². The first kappa shape index (κ1) is 13.8. The SMILES string of the molecule is COc1ccc2c(c1)[C@H](N)CC(c1ccc(F)c(F)c1)O2. The van der Waals surface area contributed by atoms with Crippen LogP contribution in [0.4, 0.5) is 8.78 Å². The average Bonchev–Trinajstić information content (AvgIpc) is 2.49. The van der Waals surface area contributed by atoms with Crippen LogP contribution in [-0.4, -0.2) is 7.11 Å². The average molecular weight is 291 g/mol. The van der Waals surface area contributed by atoms with Gasteiger partial charge in [0.1, 0.15) is 17.6 Å². The van der Waals surface area contributed by atoms with E-state index >= 15 is 0 Å². The molecule has 0 radical (unpaired) electrons. The second-order valence-electron chi connectivity index (χ2n) is 5.03. The third kappa shape index (κ3) is 2.56. The standard InChI is InChI=1S/C16H15F2NO2/c1-20-10-3-5-15-11(7-10)14(19)8-16(21-15)9-2-4-12(17)13(18)6-9/h2-7,14,16H,8,19H2,1H3/t14-,16?/m1/s1. The highest BCUT2D eigenvalue weighted by molar-refractivity contribution is 5.44. The summed E-state index contributed by atoms with van der Waals surface area (Å²) in [6, 6.07) is 8.91. The Morgan fingerprint density at radius 3 is 2.67 bits per heavy atom. The number of nitrogens with two attached hydrogens (primary N) is 1. The molecule has 0 bridgehead atoms. The number of rotatable bonds is 2. The first-order chi connectivity index (χ1) is 10.1. The van der Waals surface area contributed by atoms with Gasteiger partial charge < -0.3 is 15.2 Å². The third-order valence-corrected chi connectivity index (χ3v) is 3.67. The minimum Gasteiger partial charge on any atom is -0.497 e. The maximum atomic E-state index is 13.3. The van der Waals surface area contributed by atoms with Crippen LogP contribution in [0.15, 0.2) is 36.4 Å². The zero-order chi connectivity index (χ0) is 15.0. The zero-order valence-corrected chi connectivity index (χ0v) is 11.5. The molecule has 3 nitrogen and oxygen atoms in total. The maximum Gasteiger partial charge on any atom is 0.159 e. The highest BCUT2D eigenvalue weighted by Gasteiger charge is 2.28.